The SMILES string of the molecule is CCCNC(=O)Nc1ccc(S(=O)(=O)Nc2ccc(CCNC[C@H](O)COc3ccc(O)cc3)cc2)cc1. The van der Waals surface area contributed by atoms with Crippen molar-refractivity contribution < 1.29 is 28.2 Å². The van der Waals surface area contributed by atoms with Crippen LogP contribution in [0.4, 0.5) is 16.2 Å². The van der Waals surface area contributed by atoms with Gasteiger partial charge in [-0.2, -0.15) is 0 Å². The van der Waals surface area contributed by atoms with E-state index in [1.807, 2.05) is 19.1 Å². The number of sulfonamides is 1. The van der Waals surface area contributed by atoms with Crippen molar-refractivity contribution in [3.05, 3.63) is 78.4 Å². The van der Waals surface area contributed by atoms with Crippen LogP contribution in [0.15, 0.2) is 77.7 Å². The number of aromatic hydroxyl groups is 1. The number of hydrogen-bond donors (Lipinski definition) is 6. The molecule has 38 heavy (non-hydrogen) atoms. The summed E-state index contributed by atoms with van der Waals surface area (Å²) in [5.74, 6) is 0.720. The predicted molar refractivity (Wildman–Crippen MR) is 147 cm³/mol. The Morgan fingerprint density at radius 3 is 2.24 bits per heavy atom. The number of amides is 2. The summed E-state index contributed by atoms with van der Waals surface area (Å²) in [6, 6.07) is 19.0. The highest BCUT2D eigenvalue weighted by molar-refractivity contribution is 7.92. The van der Waals surface area contributed by atoms with E-state index in [1.54, 1.807) is 24.3 Å². The van der Waals surface area contributed by atoms with Crippen molar-refractivity contribution in [1.82, 2.24) is 10.6 Å². The summed E-state index contributed by atoms with van der Waals surface area (Å²) >= 11 is 0. The minimum absolute atomic E-state index is 0.0817. The third-order valence-corrected chi connectivity index (χ3v) is 6.81. The number of urea groups is 1. The second-order valence-electron chi connectivity index (χ2n) is 8.62. The van der Waals surface area contributed by atoms with E-state index < -0.39 is 16.1 Å². The third kappa shape index (κ3) is 9.58. The third-order valence-electron chi connectivity index (χ3n) is 5.41. The van der Waals surface area contributed by atoms with E-state index in [4.69, 9.17) is 4.74 Å². The molecule has 3 aromatic rings. The van der Waals surface area contributed by atoms with E-state index in [2.05, 4.69) is 20.7 Å². The Bertz CT molecular complexity index is 1250. The molecule has 0 spiro atoms. The maximum atomic E-state index is 12.7. The van der Waals surface area contributed by atoms with Gasteiger partial charge in [0.25, 0.3) is 10.0 Å². The van der Waals surface area contributed by atoms with Crippen LogP contribution in [0.3, 0.4) is 0 Å². The van der Waals surface area contributed by atoms with E-state index in [0.717, 1.165) is 12.0 Å². The van der Waals surface area contributed by atoms with Crippen molar-refractivity contribution in [3.63, 3.8) is 0 Å². The maximum absolute atomic E-state index is 12.7. The molecule has 0 saturated heterocycles. The number of nitrogens with one attached hydrogen (secondary N) is 4. The van der Waals surface area contributed by atoms with E-state index in [1.165, 1.54) is 36.4 Å². The zero-order chi connectivity index (χ0) is 27.4. The van der Waals surface area contributed by atoms with Gasteiger partial charge < -0.3 is 30.9 Å². The van der Waals surface area contributed by atoms with Crippen molar-refractivity contribution in [2.24, 2.45) is 0 Å². The first-order chi connectivity index (χ1) is 18.2. The number of aliphatic hydroxyl groups is 1. The molecule has 6 N–H and O–H groups in total. The summed E-state index contributed by atoms with van der Waals surface area (Å²) in [6.45, 7) is 3.61. The zero-order valence-electron chi connectivity index (χ0n) is 21.2. The molecule has 0 aliphatic heterocycles. The van der Waals surface area contributed by atoms with Gasteiger partial charge in [-0.05, 0) is 85.6 Å². The molecule has 0 bridgehead atoms. The molecule has 204 valence electrons. The number of aliphatic hydroxyl groups excluding tert-OH is 1. The molecule has 2 amide bonds. The van der Waals surface area contributed by atoms with E-state index in [0.29, 0.717) is 43.2 Å². The van der Waals surface area contributed by atoms with Crippen LogP contribution in [-0.2, 0) is 16.4 Å². The molecule has 3 rings (SSSR count). The fourth-order valence-corrected chi connectivity index (χ4v) is 4.44. The average molecular weight is 543 g/mol. The van der Waals surface area contributed by atoms with Gasteiger partial charge in [-0.3, -0.25) is 4.72 Å². The molecule has 3 aromatic carbocycles. The molecule has 0 saturated carbocycles. The number of ether oxygens (including phenoxy) is 1. The monoisotopic (exact) mass is 542 g/mol. The van der Waals surface area contributed by atoms with Gasteiger partial charge >= 0.3 is 6.03 Å². The van der Waals surface area contributed by atoms with Gasteiger partial charge in [0.05, 0.1) is 4.90 Å². The highest BCUT2D eigenvalue weighted by atomic mass is 32.2. The van der Waals surface area contributed by atoms with Crippen LogP contribution in [0.25, 0.3) is 0 Å². The summed E-state index contributed by atoms with van der Waals surface area (Å²) < 4.78 is 33.5. The van der Waals surface area contributed by atoms with Gasteiger partial charge in [0.2, 0.25) is 0 Å². The van der Waals surface area contributed by atoms with Gasteiger partial charge in [-0.25, -0.2) is 13.2 Å². The number of hydrogen-bond acceptors (Lipinski definition) is 7. The lowest BCUT2D eigenvalue weighted by Crippen LogP contribution is -2.32. The highest BCUT2D eigenvalue weighted by Crippen LogP contribution is 2.19. The van der Waals surface area contributed by atoms with Gasteiger partial charge in [0.15, 0.2) is 0 Å². The van der Waals surface area contributed by atoms with Crippen molar-refractivity contribution in [1.29, 1.82) is 0 Å². The molecule has 0 heterocycles. The standard InChI is InChI=1S/C27H34N4O6S/c1-2-16-29-27(34)30-21-7-13-26(14-8-21)38(35,36)31-22-5-3-20(4-6-22)15-17-28-18-24(33)19-37-25-11-9-23(32)10-12-25/h3-14,24,28,31-33H,2,15-19H2,1H3,(H2,29,30,34)/t24-/m0/s1. The first-order valence-corrected chi connectivity index (χ1v) is 13.8. The van der Waals surface area contributed by atoms with Crippen LogP contribution in [0.2, 0.25) is 0 Å². The largest absolute Gasteiger partial charge is 0.508 e. The Hall–Kier alpha value is -3.80. The summed E-state index contributed by atoms with van der Waals surface area (Å²) in [6.07, 6.45) is 0.820. The zero-order valence-corrected chi connectivity index (χ0v) is 22.0. The van der Waals surface area contributed by atoms with Gasteiger partial charge in [-0.15, -0.1) is 0 Å². The summed E-state index contributed by atoms with van der Waals surface area (Å²) in [5.41, 5.74) is 1.93. The predicted octanol–water partition coefficient (Wildman–Crippen LogP) is 3.30. The molecule has 0 aromatic heterocycles. The number of phenols is 1. The molecule has 0 aliphatic carbocycles. The Labute approximate surface area is 223 Å². The Morgan fingerprint density at radius 1 is 0.921 bits per heavy atom. The maximum Gasteiger partial charge on any atom is 0.319 e. The van der Waals surface area contributed by atoms with Crippen molar-refractivity contribution in [2.75, 3.05) is 36.3 Å². The fraction of sp³-hybridized carbons (Fsp3) is 0.296. The molecule has 1 atom stereocenters. The Balaban J connectivity index is 1.40. The highest BCUT2D eigenvalue weighted by Gasteiger charge is 2.14. The summed E-state index contributed by atoms with van der Waals surface area (Å²) in [4.78, 5) is 11.8. The smallest absolute Gasteiger partial charge is 0.319 e. The lowest BCUT2D eigenvalue weighted by molar-refractivity contribution is 0.106. The van der Waals surface area contributed by atoms with Crippen LogP contribution in [0.1, 0.15) is 18.9 Å². The summed E-state index contributed by atoms with van der Waals surface area (Å²) in [5, 5.41) is 27.8. The van der Waals surface area contributed by atoms with Crippen LogP contribution >= 0.6 is 0 Å². The van der Waals surface area contributed by atoms with Crippen LogP contribution in [0.5, 0.6) is 11.5 Å². The minimum Gasteiger partial charge on any atom is -0.508 e. The quantitative estimate of drug-likeness (QED) is 0.171. The van der Waals surface area contributed by atoms with E-state index in [9.17, 15) is 23.4 Å². The average Bonchev–Trinajstić information content (AvgIpc) is 2.90. The second kappa shape index (κ2) is 14.2. The first kappa shape index (κ1) is 28.8. The second-order valence-corrected chi connectivity index (χ2v) is 10.3. The van der Waals surface area contributed by atoms with Crippen molar-refractivity contribution in [3.8, 4) is 11.5 Å². The van der Waals surface area contributed by atoms with Gasteiger partial charge in [0.1, 0.15) is 24.2 Å². The molecular weight excluding hydrogens is 508 g/mol. The fourth-order valence-electron chi connectivity index (χ4n) is 3.38. The van der Waals surface area contributed by atoms with Crippen molar-refractivity contribution in [2.45, 2.75) is 30.8 Å². The number of phenolic OH excluding ortho intramolecular Hbond substituents is 1. The number of anilines is 2. The van der Waals surface area contributed by atoms with Crippen LogP contribution < -0.4 is 25.4 Å². The van der Waals surface area contributed by atoms with Crippen molar-refractivity contribution >= 4 is 27.4 Å². The van der Waals surface area contributed by atoms with Gasteiger partial charge in [0, 0.05) is 24.5 Å². The molecule has 0 unspecified atom stereocenters. The number of carbonyl (C=O) groups is 1. The lowest BCUT2D eigenvalue weighted by atomic mass is 10.1. The number of rotatable bonds is 14. The number of benzene rings is 3. The molecule has 10 nitrogen and oxygen atoms in total. The minimum atomic E-state index is -3.79. The normalized spacial score (nSPS) is 11.9. The Morgan fingerprint density at radius 2 is 1.58 bits per heavy atom. The molecular formula is C27H34N4O6S. The summed E-state index contributed by atoms with van der Waals surface area (Å²) in [7, 11) is -3.79. The number of carbonyl (C=O) groups excluding carboxylic acids is 1. The molecule has 11 heteroatoms. The molecule has 0 radical (unpaired) electrons. The van der Waals surface area contributed by atoms with E-state index in [-0.39, 0.29) is 23.3 Å². The van der Waals surface area contributed by atoms with Crippen LogP contribution in [0, 0.1) is 0 Å². The Kier molecular flexibility index (Phi) is 10.8. The molecule has 0 fully saturated rings. The lowest BCUT2D eigenvalue weighted by Gasteiger charge is -2.13. The first-order valence-electron chi connectivity index (χ1n) is 12.3. The van der Waals surface area contributed by atoms with E-state index >= 15 is 0 Å². The topological polar surface area (TPSA) is 149 Å². The van der Waals surface area contributed by atoms with Gasteiger partial charge in [-0.1, -0.05) is 19.1 Å². The molecule has 0 aliphatic rings. The van der Waals surface area contributed by atoms with Crippen LogP contribution in [-0.4, -0.2) is 57.0 Å².